The molecule has 0 radical (unpaired) electrons. The number of hydrogen-bond donors (Lipinski definition) is 1. The molecule has 1 N–H and O–H groups in total. The molecule has 0 unspecified atom stereocenters. The van der Waals surface area contributed by atoms with Gasteiger partial charge in [-0.3, -0.25) is 9.78 Å². The van der Waals surface area contributed by atoms with E-state index in [4.69, 9.17) is 4.74 Å². The summed E-state index contributed by atoms with van der Waals surface area (Å²) < 4.78 is 49.7. The van der Waals surface area contributed by atoms with Crippen LogP contribution in [0.1, 0.15) is 24.3 Å². The first-order chi connectivity index (χ1) is 14.4. The van der Waals surface area contributed by atoms with Crippen molar-refractivity contribution in [3.05, 3.63) is 40.3 Å². The molecule has 8 nitrogen and oxygen atoms in total. The van der Waals surface area contributed by atoms with Crippen LogP contribution in [0.4, 0.5) is 19.1 Å². The van der Waals surface area contributed by atoms with Gasteiger partial charge in [0, 0.05) is 19.3 Å². The number of nitrogens with zero attached hydrogens (tertiary/aromatic N) is 4. The van der Waals surface area contributed by atoms with Crippen LogP contribution >= 0.6 is 0 Å². The number of aromatic nitrogens is 4. The number of hydrogen-bond acceptors (Lipinski definition) is 6. The first-order valence-electron chi connectivity index (χ1n) is 9.60. The van der Waals surface area contributed by atoms with E-state index < -0.39 is 11.9 Å². The molecule has 5 rings (SSSR count). The lowest BCUT2D eigenvalue weighted by Gasteiger charge is -2.26. The summed E-state index contributed by atoms with van der Waals surface area (Å²) in [5, 5.41) is 4.44. The number of fused-ring (bicyclic) bond motifs is 1. The lowest BCUT2D eigenvalue weighted by molar-refractivity contribution is -0.274. The zero-order valence-corrected chi connectivity index (χ0v) is 15.8. The zero-order chi connectivity index (χ0) is 20.9. The number of aromatic amines is 1. The topological polar surface area (TPSA) is 85.3 Å². The second-order valence-corrected chi connectivity index (χ2v) is 7.35. The van der Waals surface area contributed by atoms with E-state index in [-0.39, 0.29) is 28.4 Å². The Kier molecular flexibility index (Phi) is 4.42. The van der Waals surface area contributed by atoms with Crippen molar-refractivity contribution in [1.82, 2.24) is 19.7 Å². The SMILES string of the molecule is O=c1[nH]c(N2CCOCC2)nc2nn(-c3ccc(C4CC4)cc3OC(F)(F)F)cc12. The first-order valence-corrected chi connectivity index (χ1v) is 9.60. The summed E-state index contributed by atoms with van der Waals surface area (Å²) >= 11 is 0. The van der Waals surface area contributed by atoms with Gasteiger partial charge in [-0.1, -0.05) is 6.07 Å². The fraction of sp³-hybridized carbons (Fsp3) is 0.421. The third-order valence-corrected chi connectivity index (χ3v) is 5.19. The fourth-order valence-electron chi connectivity index (χ4n) is 3.55. The van der Waals surface area contributed by atoms with Crippen molar-refractivity contribution in [3.8, 4) is 11.4 Å². The summed E-state index contributed by atoms with van der Waals surface area (Å²) in [5.74, 6) is 0.258. The highest BCUT2D eigenvalue weighted by Gasteiger charge is 2.34. The van der Waals surface area contributed by atoms with Gasteiger partial charge in [-0.25, -0.2) is 4.68 Å². The maximum absolute atomic E-state index is 13.0. The number of rotatable bonds is 4. The standard InChI is InChI=1S/C19H18F3N5O3/c20-19(21,22)30-15-9-12(11-1-2-11)3-4-14(15)27-10-13-16(25-27)23-18(24-17(13)28)26-5-7-29-8-6-26/h3-4,9-11H,1-2,5-8H2,(H,23,24,25,28). The van der Waals surface area contributed by atoms with E-state index >= 15 is 0 Å². The Bertz CT molecular complexity index is 1150. The van der Waals surface area contributed by atoms with Crippen LogP contribution in [0.25, 0.3) is 16.7 Å². The molecule has 1 aliphatic heterocycles. The highest BCUT2D eigenvalue weighted by atomic mass is 19.4. The predicted octanol–water partition coefficient (Wildman–Crippen LogP) is 2.72. The minimum absolute atomic E-state index is 0.0852. The van der Waals surface area contributed by atoms with Crippen molar-refractivity contribution in [1.29, 1.82) is 0 Å². The van der Waals surface area contributed by atoms with Crippen molar-refractivity contribution in [2.45, 2.75) is 25.1 Å². The number of anilines is 1. The zero-order valence-electron chi connectivity index (χ0n) is 15.8. The van der Waals surface area contributed by atoms with Gasteiger partial charge in [-0.15, -0.1) is 18.3 Å². The van der Waals surface area contributed by atoms with Gasteiger partial charge in [0.1, 0.15) is 11.1 Å². The van der Waals surface area contributed by atoms with Crippen LogP contribution < -0.4 is 15.2 Å². The minimum atomic E-state index is -4.84. The van der Waals surface area contributed by atoms with Gasteiger partial charge in [0.2, 0.25) is 5.95 Å². The molecular weight excluding hydrogens is 403 g/mol. The molecular formula is C19H18F3N5O3. The second-order valence-electron chi connectivity index (χ2n) is 7.35. The number of morpholine rings is 1. The van der Waals surface area contributed by atoms with Crippen LogP contribution in [0.2, 0.25) is 0 Å². The smallest absolute Gasteiger partial charge is 0.403 e. The molecule has 2 fully saturated rings. The summed E-state index contributed by atoms with van der Waals surface area (Å²) in [6, 6.07) is 4.68. The fourth-order valence-corrected chi connectivity index (χ4v) is 3.55. The van der Waals surface area contributed by atoms with Gasteiger partial charge >= 0.3 is 6.36 Å². The summed E-state index contributed by atoms with van der Waals surface area (Å²) in [4.78, 5) is 21.5. The van der Waals surface area contributed by atoms with Crippen LogP contribution in [-0.2, 0) is 4.74 Å². The van der Waals surface area contributed by atoms with Crippen LogP contribution in [0.5, 0.6) is 5.75 Å². The summed E-state index contributed by atoms with van der Waals surface area (Å²) in [6.45, 7) is 2.17. The third-order valence-electron chi connectivity index (χ3n) is 5.19. The maximum atomic E-state index is 13.0. The predicted molar refractivity (Wildman–Crippen MR) is 101 cm³/mol. The highest BCUT2D eigenvalue weighted by molar-refractivity contribution is 5.75. The summed E-state index contributed by atoms with van der Waals surface area (Å²) in [6.07, 6.45) is -1.59. The monoisotopic (exact) mass is 421 g/mol. The van der Waals surface area contributed by atoms with Crippen LogP contribution in [-0.4, -0.2) is 52.4 Å². The molecule has 11 heteroatoms. The van der Waals surface area contributed by atoms with Crippen molar-refractivity contribution in [2.75, 3.05) is 31.2 Å². The van der Waals surface area contributed by atoms with Gasteiger partial charge in [0.15, 0.2) is 11.4 Å². The average Bonchev–Trinajstić information content (AvgIpc) is 3.46. The second kappa shape index (κ2) is 7.01. The summed E-state index contributed by atoms with van der Waals surface area (Å²) in [7, 11) is 0. The van der Waals surface area contributed by atoms with Crippen molar-refractivity contribution in [2.24, 2.45) is 0 Å². The quantitative estimate of drug-likeness (QED) is 0.697. The molecule has 30 heavy (non-hydrogen) atoms. The molecule has 1 saturated heterocycles. The minimum Gasteiger partial charge on any atom is -0.403 e. The van der Waals surface area contributed by atoms with E-state index in [9.17, 15) is 18.0 Å². The molecule has 1 aromatic carbocycles. The van der Waals surface area contributed by atoms with E-state index in [1.165, 1.54) is 23.0 Å². The lowest BCUT2D eigenvalue weighted by atomic mass is 10.1. The number of nitrogens with one attached hydrogen (secondary N) is 1. The van der Waals surface area contributed by atoms with Crippen LogP contribution in [0.3, 0.4) is 0 Å². The van der Waals surface area contributed by atoms with E-state index in [1.807, 2.05) is 4.90 Å². The van der Waals surface area contributed by atoms with Gasteiger partial charge in [-0.2, -0.15) is 4.98 Å². The normalized spacial score (nSPS) is 17.5. The van der Waals surface area contributed by atoms with Crippen molar-refractivity contribution < 1.29 is 22.6 Å². The highest BCUT2D eigenvalue weighted by Crippen LogP contribution is 2.42. The van der Waals surface area contributed by atoms with E-state index in [0.717, 1.165) is 18.4 Å². The van der Waals surface area contributed by atoms with Crippen LogP contribution in [0, 0.1) is 0 Å². The average molecular weight is 421 g/mol. The van der Waals surface area contributed by atoms with Crippen LogP contribution in [0.15, 0.2) is 29.2 Å². The number of halogens is 3. The molecule has 1 aliphatic carbocycles. The van der Waals surface area contributed by atoms with E-state index in [0.29, 0.717) is 32.3 Å². The molecule has 0 amide bonds. The number of benzene rings is 1. The van der Waals surface area contributed by atoms with Gasteiger partial charge in [0.05, 0.1) is 13.2 Å². The molecule has 3 heterocycles. The Balaban J connectivity index is 1.57. The Labute approximate surface area is 168 Å². The third kappa shape index (κ3) is 3.72. The van der Waals surface area contributed by atoms with Crippen molar-refractivity contribution >= 4 is 17.0 Å². The Hall–Kier alpha value is -3.08. The molecule has 158 valence electrons. The first kappa shape index (κ1) is 18.9. The Morgan fingerprint density at radius 3 is 2.67 bits per heavy atom. The number of ether oxygens (including phenoxy) is 2. The molecule has 2 aliphatic rings. The number of H-pyrrole nitrogens is 1. The molecule has 3 aromatic rings. The molecule has 0 bridgehead atoms. The largest absolute Gasteiger partial charge is 0.573 e. The van der Waals surface area contributed by atoms with Gasteiger partial charge in [0.25, 0.3) is 5.56 Å². The lowest BCUT2D eigenvalue weighted by Crippen LogP contribution is -2.38. The van der Waals surface area contributed by atoms with Gasteiger partial charge < -0.3 is 14.4 Å². The van der Waals surface area contributed by atoms with Crippen molar-refractivity contribution in [3.63, 3.8) is 0 Å². The molecule has 1 saturated carbocycles. The Morgan fingerprint density at radius 1 is 1.20 bits per heavy atom. The molecule has 2 aromatic heterocycles. The Morgan fingerprint density at radius 2 is 1.97 bits per heavy atom. The molecule has 0 spiro atoms. The molecule has 0 atom stereocenters. The van der Waals surface area contributed by atoms with Gasteiger partial charge in [-0.05, 0) is 36.5 Å². The summed E-state index contributed by atoms with van der Waals surface area (Å²) in [5.41, 5.74) is 0.604. The van der Waals surface area contributed by atoms with E-state index in [1.54, 1.807) is 6.07 Å². The maximum Gasteiger partial charge on any atom is 0.573 e. The number of alkyl halides is 3. The van der Waals surface area contributed by atoms with E-state index in [2.05, 4.69) is 19.8 Å².